The van der Waals surface area contributed by atoms with Crippen LogP contribution in [0.4, 0.5) is 13.2 Å². The predicted octanol–water partition coefficient (Wildman–Crippen LogP) is 6.32. The van der Waals surface area contributed by atoms with Crippen molar-refractivity contribution in [2.45, 2.75) is 23.9 Å². The fraction of sp³-hybridized carbons (Fsp3) is 0.208. The van der Waals surface area contributed by atoms with Gasteiger partial charge in [-0.05, 0) is 47.4 Å². The van der Waals surface area contributed by atoms with Crippen LogP contribution in [0.5, 0.6) is 17.2 Å². The summed E-state index contributed by atoms with van der Waals surface area (Å²) in [7, 11) is 1.53. The lowest BCUT2D eigenvalue weighted by Gasteiger charge is -2.14. The number of hydrogen-bond acceptors (Lipinski definition) is 5. The van der Waals surface area contributed by atoms with E-state index in [1.807, 2.05) is 37.3 Å². The van der Waals surface area contributed by atoms with E-state index in [0.717, 1.165) is 21.6 Å². The number of carbonyl (C=O) groups is 1. The number of methoxy groups -OCH3 is 1. The van der Waals surface area contributed by atoms with Gasteiger partial charge < -0.3 is 19.3 Å². The van der Waals surface area contributed by atoms with E-state index in [4.69, 9.17) is 14.6 Å². The summed E-state index contributed by atoms with van der Waals surface area (Å²) in [5.41, 5.74) is 3.18. The average Bonchev–Trinajstić information content (AvgIpc) is 2.76. The van der Waals surface area contributed by atoms with Gasteiger partial charge in [0.25, 0.3) is 0 Å². The number of hydrogen-bond donors (Lipinski definition) is 1. The van der Waals surface area contributed by atoms with Crippen LogP contribution in [0.1, 0.15) is 11.1 Å². The molecule has 0 radical (unpaired) electrons. The molecule has 33 heavy (non-hydrogen) atoms. The van der Waals surface area contributed by atoms with Gasteiger partial charge in [0.1, 0.15) is 17.2 Å². The highest BCUT2D eigenvalue weighted by Gasteiger charge is 2.31. The zero-order valence-electron chi connectivity index (χ0n) is 17.8. The zero-order valence-corrected chi connectivity index (χ0v) is 18.6. The van der Waals surface area contributed by atoms with Crippen LogP contribution >= 0.6 is 11.8 Å². The van der Waals surface area contributed by atoms with Gasteiger partial charge in [-0.1, -0.05) is 36.4 Å². The van der Waals surface area contributed by atoms with E-state index in [1.165, 1.54) is 25.3 Å². The second kappa shape index (κ2) is 10.5. The molecule has 0 saturated carbocycles. The van der Waals surface area contributed by atoms with Crippen molar-refractivity contribution in [2.75, 3.05) is 13.7 Å². The van der Waals surface area contributed by atoms with Gasteiger partial charge in [0.15, 0.2) is 6.61 Å². The van der Waals surface area contributed by atoms with Gasteiger partial charge in [0.2, 0.25) is 0 Å². The molecule has 0 unspecified atom stereocenters. The third-order valence-corrected chi connectivity index (χ3v) is 5.67. The number of aryl methyl sites for hydroxylation is 1. The summed E-state index contributed by atoms with van der Waals surface area (Å²) < 4.78 is 52.1. The van der Waals surface area contributed by atoms with E-state index in [0.29, 0.717) is 22.8 Å². The molecule has 3 rings (SSSR count). The van der Waals surface area contributed by atoms with Gasteiger partial charge in [-0.2, -0.15) is 0 Å². The van der Waals surface area contributed by atoms with Crippen molar-refractivity contribution in [3.63, 3.8) is 0 Å². The Bertz CT molecular complexity index is 1110. The van der Waals surface area contributed by atoms with Gasteiger partial charge in [-0.25, -0.2) is 4.79 Å². The van der Waals surface area contributed by atoms with Crippen LogP contribution in [-0.2, 0) is 10.5 Å². The summed E-state index contributed by atoms with van der Waals surface area (Å²) >= 11 is 1.54. The first kappa shape index (κ1) is 24.3. The Morgan fingerprint density at radius 2 is 1.73 bits per heavy atom. The highest BCUT2D eigenvalue weighted by Crippen LogP contribution is 2.37. The lowest BCUT2D eigenvalue weighted by molar-refractivity contribution is -0.274. The number of aliphatic carboxylic acids is 1. The Labute approximate surface area is 193 Å². The van der Waals surface area contributed by atoms with Crippen LogP contribution in [0, 0.1) is 6.92 Å². The summed E-state index contributed by atoms with van der Waals surface area (Å²) in [5, 5.41) is 8.80. The molecule has 5 nitrogen and oxygen atoms in total. The first-order chi connectivity index (χ1) is 15.6. The molecule has 0 aromatic heterocycles. The van der Waals surface area contributed by atoms with Crippen LogP contribution in [0.15, 0.2) is 65.6 Å². The van der Waals surface area contributed by atoms with Crippen LogP contribution in [0.25, 0.3) is 11.1 Å². The Morgan fingerprint density at radius 1 is 1.00 bits per heavy atom. The second-order valence-corrected chi connectivity index (χ2v) is 8.03. The Balaban J connectivity index is 1.69. The Morgan fingerprint density at radius 3 is 2.36 bits per heavy atom. The van der Waals surface area contributed by atoms with E-state index in [-0.39, 0.29) is 5.75 Å². The lowest BCUT2D eigenvalue weighted by Crippen LogP contribution is -2.17. The van der Waals surface area contributed by atoms with E-state index < -0.39 is 18.9 Å². The monoisotopic (exact) mass is 478 g/mol. The van der Waals surface area contributed by atoms with Gasteiger partial charge in [-0.3, -0.25) is 0 Å². The fourth-order valence-electron chi connectivity index (χ4n) is 3.04. The minimum atomic E-state index is -4.74. The molecule has 1 N–H and O–H groups in total. The van der Waals surface area contributed by atoms with E-state index in [9.17, 15) is 18.0 Å². The van der Waals surface area contributed by atoms with Crippen molar-refractivity contribution in [1.29, 1.82) is 0 Å². The first-order valence-corrected chi connectivity index (χ1v) is 10.7. The zero-order chi connectivity index (χ0) is 24.0. The van der Waals surface area contributed by atoms with Crippen LogP contribution in [0.3, 0.4) is 0 Å². The maximum Gasteiger partial charge on any atom is 0.573 e. The quantitative estimate of drug-likeness (QED) is 0.363. The molecule has 0 saturated heterocycles. The molecular formula is C24H21F3O5S. The molecule has 0 heterocycles. The molecule has 0 bridgehead atoms. The van der Waals surface area contributed by atoms with Crippen molar-refractivity contribution in [2.24, 2.45) is 0 Å². The summed E-state index contributed by atoms with van der Waals surface area (Å²) in [5.74, 6) is 0.319. The number of benzene rings is 3. The predicted molar refractivity (Wildman–Crippen MR) is 119 cm³/mol. The van der Waals surface area contributed by atoms with E-state index in [1.54, 1.807) is 23.9 Å². The summed E-state index contributed by atoms with van der Waals surface area (Å²) in [6, 6.07) is 16.9. The van der Waals surface area contributed by atoms with Crippen molar-refractivity contribution >= 4 is 17.7 Å². The second-order valence-electron chi connectivity index (χ2n) is 7.01. The first-order valence-electron chi connectivity index (χ1n) is 9.76. The number of rotatable bonds is 9. The van der Waals surface area contributed by atoms with Crippen molar-refractivity contribution in [1.82, 2.24) is 0 Å². The lowest BCUT2D eigenvalue weighted by atomic mass is 10.0. The van der Waals surface area contributed by atoms with Crippen LogP contribution in [-0.4, -0.2) is 31.2 Å². The molecular weight excluding hydrogens is 457 g/mol. The molecule has 0 aliphatic carbocycles. The molecule has 3 aromatic carbocycles. The maximum atomic E-state index is 12.5. The number of alkyl halides is 3. The highest BCUT2D eigenvalue weighted by molar-refractivity contribution is 7.98. The fourth-order valence-corrected chi connectivity index (χ4v) is 4.10. The van der Waals surface area contributed by atoms with Crippen molar-refractivity contribution in [3.05, 3.63) is 71.8 Å². The molecule has 174 valence electrons. The number of carboxylic acid groups (broad SMARTS) is 1. The maximum absolute atomic E-state index is 12.5. The molecule has 0 aliphatic rings. The van der Waals surface area contributed by atoms with Gasteiger partial charge in [0, 0.05) is 11.8 Å². The average molecular weight is 478 g/mol. The van der Waals surface area contributed by atoms with Crippen LogP contribution in [0.2, 0.25) is 0 Å². The molecule has 0 fully saturated rings. The van der Waals surface area contributed by atoms with Gasteiger partial charge in [-0.15, -0.1) is 24.9 Å². The van der Waals surface area contributed by atoms with Gasteiger partial charge >= 0.3 is 12.3 Å². The molecule has 0 spiro atoms. The molecule has 0 atom stereocenters. The molecule has 0 amide bonds. The highest BCUT2D eigenvalue weighted by atomic mass is 32.2. The third kappa shape index (κ3) is 7.08. The SMILES string of the molecule is COc1cc(OCC(=O)O)c(C)cc1SCc1ccc(-c2cccc(OC(F)(F)F)c2)cc1. The smallest absolute Gasteiger partial charge is 0.495 e. The molecule has 9 heteroatoms. The summed E-state index contributed by atoms with van der Waals surface area (Å²) in [4.78, 5) is 11.6. The van der Waals surface area contributed by atoms with Crippen molar-refractivity contribution < 1.29 is 37.3 Å². The Hall–Kier alpha value is -3.33. The van der Waals surface area contributed by atoms with E-state index in [2.05, 4.69) is 4.74 Å². The number of halogens is 3. The standard InChI is InChI=1S/C24H21F3O5S/c1-15-10-22(21(30-2)12-20(15)31-13-23(28)29)33-14-16-6-8-17(9-7-16)18-4-3-5-19(11-18)32-24(25,26)27/h3-12H,13-14H2,1-2H3,(H,28,29). The normalized spacial score (nSPS) is 11.2. The summed E-state index contributed by atoms with van der Waals surface area (Å²) in [6.07, 6.45) is -4.74. The van der Waals surface area contributed by atoms with Crippen LogP contribution < -0.4 is 14.2 Å². The third-order valence-electron chi connectivity index (χ3n) is 4.56. The topological polar surface area (TPSA) is 65.0 Å². The summed E-state index contributed by atoms with van der Waals surface area (Å²) in [6.45, 7) is 1.39. The van der Waals surface area contributed by atoms with E-state index >= 15 is 0 Å². The van der Waals surface area contributed by atoms with Gasteiger partial charge in [0.05, 0.1) is 12.0 Å². The molecule has 3 aromatic rings. The number of ether oxygens (including phenoxy) is 3. The molecule has 0 aliphatic heterocycles. The number of carboxylic acids is 1. The largest absolute Gasteiger partial charge is 0.573 e. The van der Waals surface area contributed by atoms with Crippen molar-refractivity contribution in [3.8, 4) is 28.4 Å². The minimum Gasteiger partial charge on any atom is -0.495 e. The Kier molecular flexibility index (Phi) is 7.75. The number of thioether (sulfide) groups is 1. The minimum absolute atomic E-state index is 0.266.